The summed E-state index contributed by atoms with van der Waals surface area (Å²) in [5, 5.41) is 0. The van der Waals surface area contributed by atoms with Crippen LogP contribution in [-0.2, 0) is 0 Å². The normalized spacial score (nSPS) is 23.0. The molecule has 24 heavy (non-hydrogen) atoms. The number of carbonyl (C=O) groups excluding carboxylic acids is 1. The van der Waals surface area contributed by atoms with E-state index in [1.807, 2.05) is 11.0 Å². The molecular formula is C20H29N3O. The maximum Gasteiger partial charge on any atom is 0.320 e. The van der Waals surface area contributed by atoms with E-state index in [9.17, 15) is 4.79 Å². The molecule has 2 heterocycles. The maximum atomic E-state index is 12.6. The third kappa shape index (κ3) is 4.60. The number of likely N-dealkylation sites (tertiary alicyclic amines) is 1. The SMILES string of the molecule is CC1CCCN(C(=O)N2CCN(C/C=C/c3ccccc3)CC2)C1. The monoisotopic (exact) mass is 327 g/mol. The molecule has 0 aromatic heterocycles. The highest BCUT2D eigenvalue weighted by Gasteiger charge is 2.27. The summed E-state index contributed by atoms with van der Waals surface area (Å²) in [6.07, 6.45) is 6.80. The molecule has 2 amide bonds. The molecule has 2 aliphatic heterocycles. The molecule has 2 aliphatic rings. The van der Waals surface area contributed by atoms with Gasteiger partial charge in [0.25, 0.3) is 0 Å². The molecule has 0 bridgehead atoms. The quantitative estimate of drug-likeness (QED) is 0.852. The van der Waals surface area contributed by atoms with Crippen molar-refractivity contribution in [2.75, 3.05) is 45.8 Å². The van der Waals surface area contributed by atoms with Crippen LogP contribution >= 0.6 is 0 Å². The lowest BCUT2D eigenvalue weighted by atomic mass is 10.0. The van der Waals surface area contributed by atoms with E-state index in [2.05, 4.69) is 53.1 Å². The third-order valence-electron chi connectivity index (χ3n) is 5.04. The molecule has 2 fully saturated rings. The third-order valence-corrected chi connectivity index (χ3v) is 5.04. The summed E-state index contributed by atoms with van der Waals surface area (Å²) in [4.78, 5) is 19.1. The Kier molecular flexibility index (Phi) is 5.91. The van der Waals surface area contributed by atoms with Crippen molar-refractivity contribution in [2.24, 2.45) is 5.92 Å². The van der Waals surface area contributed by atoms with E-state index in [1.54, 1.807) is 0 Å². The lowest BCUT2D eigenvalue weighted by Gasteiger charge is -2.39. The van der Waals surface area contributed by atoms with E-state index >= 15 is 0 Å². The van der Waals surface area contributed by atoms with Gasteiger partial charge in [-0.3, -0.25) is 4.90 Å². The summed E-state index contributed by atoms with van der Waals surface area (Å²) >= 11 is 0. The summed E-state index contributed by atoms with van der Waals surface area (Å²) in [5.41, 5.74) is 1.24. The fourth-order valence-corrected chi connectivity index (χ4v) is 3.59. The Labute approximate surface area is 145 Å². The highest BCUT2D eigenvalue weighted by Crippen LogP contribution is 2.17. The molecule has 1 aromatic carbocycles. The van der Waals surface area contributed by atoms with E-state index in [4.69, 9.17) is 0 Å². The molecule has 0 N–H and O–H groups in total. The summed E-state index contributed by atoms with van der Waals surface area (Å²) in [5.74, 6) is 0.645. The second-order valence-corrected chi connectivity index (χ2v) is 7.08. The van der Waals surface area contributed by atoms with Crippen LogP contribution in [0.5, 0.6) is 0 Å². The van der Waals surface area contributed by atoms with Crippen molar-refractivity contribution in [3.8, 4) is 0 Å². The largest absolute Gasteiger partial charge is 0.324 e. The van der Waals surface area contributed by atoms with Gasteiger partial charge >= 0.3 is 6.03 Å². The predicted molar refractivity (Wildman–Crippen MR) is 98.9 cm³/mol. The average molecular weight is 327 g/mol. The zero-order valence-electron chi connectivity index (χ0n) is 14.7. The van der Waals surface area contributed by atoms with Gasteiger partial charge < -0.3 is 9.80 Å². The number of piperidine rings is 1. The Hall–Kier alpha value is -1.81. The molecule has 2 saturated heterocycles. The number of hydrogen-bond acceptors (Lipinski definition) is 2. The number of hydrogen-bond donors (Lipinski definition) is 0. The van der Waals surface area contributed by atoms with Crippen LogP contribution in [-0.4, -0.2) is 66.5 Å². The van der Waals surface area contributed by atoms with Crippen molar-refractivity contribution in [3.63, 3.8) is 0 Å². The minimum atomic E-state index is 0.251. The first kappa shape index (κ1) is 17.0. The van der Waals surface area contributed by atoms with Crippen molar-refractivity contribution < 1.29 is 4.79 Å². The van der Waals surface area contributed by atoms with Crippen LogP contribution in [0.1, 0.15) is 25.3 Å². The Balaban J connectivity index is 1.42. The smallest absolute Gasteiger partial charge is 0.320 e. The van der Waals surface area contributed by atoms with Crippen molar-refractivity contribution >= 4 is 12.1 Å². The zero-order chi connectivity index (χ0) is 16.8. The van der Waals surface area contributed by atoms with E-state index in [-0.39, 0.29) is 6.03 Å². The predicted octanol–water partition coefficient (Wildman–Crippen LogP) is 3.17. The number of urea groups is 1. The molecule has 0 radical (unpaired) electrons. The fraction of sp³-hybridized carbons (Fsp3) is 0.550. The molecule has 130 valence electrons. The number of benzene rings is 1. The Morgan fingerprint density at radius 1 is 1.08 bits per heavy atom. The zero-order valence-corrected chi connectivity index (χ0v) is 14.7. The summed E-state index contributed by atoms with van der Waals surface area (Å²) in [7, 11) is 0. The number of piperazine rings is 1. The van der Waals surface area contributed by atoms with Crippen LogP contribution < -0.4 is 0 Å². The van der Waals surface area contributed by atoms with Gasteiger partial charge in [0.2, 0.25) is 0 Å². The van der Waals surface area contributed by atoms with Gasteiger partial charge in [0.05, 0.1) is 0 Å². The average Bonchev–Trinajstić information content (AvgIpc) is 2.63. The molecule has 0 spiro atoms. The van der Waals surface area contributed by atoms with Crippen LogP contribution in [0.4, 0.5) is 4.79 Å². The standard InChI is InChI=1S/C20H29N3O/c1-18-7-5-12-23(17-18)20(24)22-15-13-21(14-16-22)11-6-10-19-8-3-2-4-9-19/h2-4,6,8-10,18H,5,7,11-17H2,1H3/b10-6+. The Bertz CT molecular complexity index is 549. The first-order valence-electron chi connectivity index (χ1n) is 9.20. The van der Waals surface area contributed by atoms with Crippen molar-refractivity contribution in [1.29, 1.82) is 0 Å². The van der Waals surface area contributed by atoms with Crippen molar-refractivity contribution in [2.45, 2.75) is 19.8 Å². The molecule has 1 unspecified atom stereocenters. The van der Waals surface area contributed by atoms with E-state index < -0.39 is 0 Å². The van der Waals surface area contributed by atoms with E-state index in [1.165, 1.54) is 12.0 Å². The number of carbonyl (C=O) groups is 1. The van der Waals surface area contributed by atoms with Gasteiger partial charge in [-0.25, -0.2) is 4.79 Å². The van der Waals surface area contributed by atoms with Crippen molar-refractivity contribution in [3.05, 3.63) is 42.0 Å². The highest BCUT2D eigenvalue weighted by molar-refractivity contribution is 5.74. The molecule has 1 aromatic rings. The van der Waals surface area contributed by atoms with Gasteiger partial charge in [-0.2, -0.15) is 0 Å². The van der Waals surface area contributed by atoms with Gasteiger partial charge in [-0.15, -0.1) is 0 Å². The van der Waals surface area contributed by atoms with Gasteiger partial charge in [0, 0.05) is 45.8 Å². The summed E-state index contributed by atoms with van der Waals surface area (Å²) in [6.45, 7) is 8.70. The molecule has 4 nitrogen and oxygen atoms in total. The van der Waals surface area contributed by atoms with Gasteiger partial charge in [-0.05, 0) is 24.3 Å². The number of amides is 2. The second kappa shape index (κ2) is 8.34. The summed E-state index contributed by atoms with van der Waals surface area (Å²) < 4.78 is 0. The van der Waals surface area contributed by atoms with E-state index in [0.717, 1.165) is 52.2 Å². The van der Waals surface area contributed by atoms with Crippen LogP contribution in [0, 0.1) is 5.92 Å². The van der Waals surface area contributed by atoms with Crippen LogP contribution in [0.15, 0.2) is 36.4 Å². The molecular weight excluding hydrogens is 298 g/mol. The van der Waals surface area contributed by atoms with E-state index in [0.29, 0.717) is 5.92 Å². The van der Waals surface area contributed by atoms with Gasteiger partial charge in [-0.1, -0.05) is 49.4 Å². The maximum absolute atomic E-state index is 12.6. The topological polar surface area (TPSA) is 26.8 Å². The summed E-state index contributed by atoms with van der Waals surface area (Å²) in [6, 6.07) is 10.6. The Morgan fingerprint density at radius 2 is 1.83 bits per heavy atom. The van der Waals surface area contributed by atoms with Gasteiger partial charge in [0.1, 0.15) is 0 Å². The minimum absolute atomic E-state index is 0.251. The molecule has 3 rings (SSSR count). The number of rotatable bonds is 3. The first-order valence-corrected chi connectivity index (χ1v) is 9.20. The van der Waals surface area contributed by atoms with Crippen LogP contribution in [0.3, 0.4) is 0 Å². The Morgan fingerprint density at radius 3 is 2.54 bits per heavy atom. The fourth-order valence-electron chi connectivity index (χ4n) is 3.59. The molecule has 0 saturated carbocycles. The number of nitrogens with zero attached hydrogens (tertiary/aromatic N) is 3. The minimum Gasteiger partial charge on any atom is -0.324 e. The van der Waals surface area contributed by atoms with Crippen LogP contribution in [0.2, 0.25) is 0 Å². The van der Waals surface area contributed by atoms with Crippen LogP contribution in [0.25, 0.3) is 6.08 Å². The lowest BCUT2D eigenvalue weighted by molar-refractivity contribution is 0.104. The second-order valence-electron chi connectivity index (χ2n) is 7.08. The molecule has 0 aliphatic carbocycles. The van der Waals surface area contributed by atoms with Gasteiger partial charge in [0.15, 0.2) is 0 Å². The first-order chi connectivity index (χ1) is 11.7. The lowest BCUT2D eigenvalue weighted by Crippen LogP contribution is -2.54. The molecule has 1 atom stereocenters. The van der Waals surface area contributed by atoms with Crippen molar-refractivity contribution in [1.82, 2.24) is 14.7 Å². The molecule has 4 heteroatoms. The highest BCUT2D eigenvalue weighted by atomic mass is 16.2.